The van der Waals surface area contributed by atoms with Crippen LogP contribution >= 0.6 is 0 Å². The smallest absolute Gasteiger partial charge is 0.260 e. The molecule has 114 valence electrons. The highest BCUT2D eigenvalue weighted by atomic mass is 16.5. The zero-order valence-electron chi connectivity index (χ0n) is 12.3. The highest BCUT2D eigenvalue weighted by molar-refractivity contribution is 5.81. The zero-order chi connectivity index (χ0) is 15.2. The molecule has 2 rings (SSSR count). The lowest BCUT2D eigenvalue weighted by Crippen LogP contribution is -2.21. The molecule has 0 atom stereocenters. The third-order valence-corrected chi connectivity index (χ3v) is 2.95. The van der Waals surface area contributed by atoms with Crippen LogP contribution in [0.15, 0.2) is 23.0 Å². The number of fused-ring (bicyclic) bond motifs is 1. The van der Waals surface area contributed by atoms with Gasteiger partial charge in [-0.3, -0.25) is 9.78 Å². The van der Waals surface area contributed by atoms with Crippen LogP contribution in [0.3, 0.4) is 0 Å². The summed E-state index contributed by atoms with van der Waals surface area (Å²) < 4.78 is 5.46. The van der Waals surface area contributed by atoms with E-state index in [2.05, 4.69) is 20.2 Å². The second kappa shape index (κ2) is 7.05. The van der Waals surface area contributed by atoms with Crippen molar-refractivity contribution in [3.05, 3.63) is 28.6 Å². The zero-order valence-corrected chi connectivity index (χ0v) is 12.3. The van der Waals surface area contributed by atoms with Crippen LogP contribution in [-0.2, 0) is 4.74 Å². The fourth-order valence-electron chi connectivity index (χ4n) is 1.83. The van der Waals surface area contributed by atoms with Gasteiger partial charge in [0.15, 0.2) is 0 Å². The van der Waals surface area contributed by atoms with Gasteiger partial charge in [0, 0.05) is 18.8 Å². The lowest BCUT2D eigenvalue weighted by molar-refractivity contribution is 0.126. The summed E-state index contributed by atoms with van der Waals surface area (Å²) in [4.78, 5) is 21.0. The second-order valence-electron chi connectivity index (χ2n) is 5.03. The molecule has 7 heteroatoms. The maximum atomic E-state index is 11.9. The molecule has 2 aromatic rings. The molecule has 1 aromatic carbocycles. The molecular weight excluding hydrogens is 270 g/mol. The van der Waals surface area contributed by atoms with E-state index in [-0.39, 0.29) is 5.56 Å². The van der Waals surface area contributed by atoms with Crippen molar-refractivity contribution in [2.45, 2.75) is 0 Å². The van der Waals surface area contributed by atoms with Crippen molar-refractivity contribution in [3.63, 3.8) is 0 Å². The predicted molar refractivity (Wildman–Crippen MR) is 84.6 cm³/mol. The van der Waals surface area contributed by atoms with Gasteiger partial charge in [0.05, 0.1) is 24.1 Å². The molecule has 0 radical (unpaired) electrons. The number of nitrogen functional groups attached to an aromatic ring is 1. The monoisotopic (exact) mass is 291 g/mol. The van der Waals surface area contributed by atoms with Crippen molar-refractivity contribution in [2.24, 2.45) is 0 Å². The highest BCUT2D eigenvalue weighted by Crippen LogP contribution is 2.12. The second-order valence-corrected chi connectivity index (χ2v) is 5.03. The molecule has 0 bridgehead atoms. The average Bonchev–Trinajstić information content (AvgIpc) is 2.43. The molecule has 1 aromatic heterocycles. The molecule has 0 amide bonds. The summed E-state index contributed by atoms with van der Waals surface area (Å²) in [6, 6.07) is 5.08. The van der Waals surface area contributed by atoms with Crippen molar-refractivity contribution in [2.75, 3.05) is 51.4 Å². The van der Waals surface area contributed by atoms with Crippen LogP contribution in [0, 0.1) is 0 Å². The van der Waals surface area contributed by atoms with Gasteiger partial charge < -0.3 is 20.7 Å². The van der Waals surface area contributed by atoms with Crippen LogP contribution in [0.5, 0.6) is 0 Å². The molecule has 21 heavy (non-hydrogen) atoms. The molecule has 0 unspecified atom stereocenters. The molecule has 4 N–H and O–H groups in total. The third-order valence-electron chi connectivity index (χ3n) is 2.95. The lowest BCUT2D eigenvalue weighted by atomic mass is 10.2. The summed E-state index contributed by atoms with van der Waals surface area (Å²) in [5.74, 6) is 0.438. The Kier molecular flexibility index (Phi) is 5.13. The number of hydrogen-bond acceptors (Lipinski definition) is 6. The molecule has 0 spiro atoms. The SMILES string of the molecule is CN(C)CCOCCNc1nc2ccc(N)cc2c(=O)[nH]1. The van der Waals surface area contributed by atoms with E-state index in [0.29, 0.717) is 42.3 Å². The van der Waals surface area contributed by atoms with Gasteiger partial charge in [-0.25, -0.2) is 4.98 Å². The van der Waals surface area contributed by atoms with Crippen LogP contribution < -0.4 is 16.6 Å². The van der Waals surface area contributed by atoms with Crippen LogP contribution in [-0.4, -0.2) is 55.3 Å². The van der Waals surface area contributed by atoms with E-state index in [9.17, 15) is 4.79 Å². The molecule has 7 nitrogen and oxygen atoms in total. The minimum absolute atomic E-state index is 0.205. The molecule has 0 aliphatic carbocycles. The summed E-state index contributed by atoms with van der Waals surface area (Å²) in [6.45, 7) is 2.69. The Morgan fingerprint density at radius 3 is 2.95 bits per heavy atom. The minimum Gasteiger partial charge on any atom is -0.399 e. The number of nitrogens with zero attached hydrogens (tertiary/aromatic N) is 2. The Balaban J connectivity index is 1.91. The standard InChI is InChI=1S/C14H21N5O2/c1-19(2)6-8-21-7-5-16-14-17-12-4-3-10(15)9-11(12)13(20)18-14/h3-4,9H,5-8,15H2,1-2H3,(H2,16,17,18,20). The molecule has 0 aliphatic heterocycles. The van der Waals surface area contributed by atoms with Crippen LogP contribution in [0.1, 0.15) is 0 Å². The van der Waals surface area contributed by atoms with Crippen molar-refractivity contribution in [1.82, 2.24) is 14.9 Å². The van der Waals surface area contributed by atoms with Crippen LogP contribution in [0.2, 0.25) is 0 Å². The first-order chi connectivity index (χ1) is 10.1. The van der Waals surface area contributed by atoms with E-state index >= 15 is 0 Å². The molecule has 1 heterocycles. The summed E-state index contributed by atoms with van der Waals surface area (Å²) in [6.07, 6.45) is 0. The maximum absolute atomic E-state index is 11.9. The summed E-state index contributed by atoms with van der Waals surface area (Å²) in [7, 11) is 4.00. The quantitative estimate of drug-likeness (QED) is 0.508. The summed E-state index contributed by atoms with van der Waals surface area (Å²) in [5, 5.41) is 3.53. The number of aromatic nitrogens is 2. The van der Waals surface area contributed by atoms with E-state index in [1.54, 1.807) is 18.2 Å². The number of hydrogen-bond donors (Lipinski definition) is 3. The summed E-state index contributed by atoms with van der Waals surface area (Å²) >= 11 is 0. The Morgan fingerprint density at radius 1 is 1.38 bits per heavy atom. The molecule has 0 fully saturated rings. The Bertz CT molecular complexity index is 653. The van der Waals surface area contributed by atoms with Gasteiger partial charge in [0.25, 0.3) is 5.56 Å². The average molecular weight is 291 g/mol. The highest BCUT2D eigenvalue weighted by Gasteiger charge is 2.03. The van der Waals surface area contributed by atoms with Crippen LogP contribution in [0.4, 0.5) is 11.6 Å². The Morgan fingerprint density at radius 2 is 2.19 bits per heavy atom. The normalized spacial score (nSPS) is 11.2. The van der Waals surface area contributed by atoms with Gasteiger partial charge in [-0.05, 0) is 32.3 Å². The van der Waals surface area contributed by atoms with E-state index in [0.717, 1.165) is 6.54 Å². The third kappa shape index (κ3) is 4.44. The van der Waals surface area contributed by atoms with Gasteiger partial charge in [-0.15, -0.1) is 0 Å². The lowest BCUT2D eigenvalue weighted by Gasteiger charge is -2.10. The fraction of sp³-hybridized carbons (Fsp3) is 0.429. The van der Waals surface area contributed by atoms with Gasteiger partial charge in [-0.2, -0.15) is 0 Å². The fourth-order valence-corrected chi connectivity index (χ4v) is 1.83. The topological polar surface area (TPSA) is 96.3 Å². The van der Waals surface area contributed by atoms with E-state index < -0.39 is 0 Å². The molecule has 0 saturated carbocycles. The van der Waals surface area contributed by atoms with Crippen molar-refractivity contribution in [1.29, 1.82) is 0 Å². The largest absolute Gasteiger partial charge is 0.399 e. The first-order valence-corrected chi connectivity index (χ1v) is 6.82. The van der Waals surface area contributed by atoms with Crippen molar-refractivity contribution in [3.8, 4) is 0 Å². The van der Waals surface area contributed by atoms with E-state index in [1.165, 1.54) is 0 Å². The Hall–Kier alpha value is -2.12. The number of rotatable bonds is 7. The van der Waals surface area contributed by atoms with E-state index in [1.807, 2.05) is 14.1 Å². The predicted octanol–water partition coefficient (Wildman–Crippen LogP) is 0.495. The number of nitrogens with one attached hydrogen (secondary N) is 2. The number of aromatic amines is 1. The minimum atomic E-state index is -0.205. The first kappa shape index (κ1) is 15.3. The number of likely N-dealkylation sites (N-methyl/N-ethyl adjacent to an activating group) is 1. The first-order valence-electron chi connectivity index (χ1n) is 6.82. The van der Waals surface area contributed by atoms with Gasteiger partial charge in [0.1, 0.15) is 0 Å². The van der Waals surface area contributed by atoms with E-state index in [4.69, 9.17) is 10.5 Å². The Labute approximate surface area is 123 Å². The maximum Gasteiger partial charge on any atom is 0.260 e. The van der Waals surface area contributed by atoms with Gasteiger partial charge in [0.2, 0.25) is 5.95 Å². The number of benzene rings is 1. The number of H-pyrrole nitrogens is 1. The van der Waals surface area contributed by atoms with Gasteiger partial charge in [-0.1, -0.05) is 0 Å². The summed E-state index contributed by atoms with van der Waals surface area (Å²) in [5.41, 5.74) is 6.62. The number of ether oxygens (including phenoxy) is 1. The number of nitrogens with two attached hydrogens (primary N) is 1. The van der Waals surface area contributed by atoms with Crippen LogP contribution in [0.25, 0.3) is 10.9 Å². The van der Waals surface area contributed by atoms with Crippen molar-refractivity contribution >= 4 is 22.5 Å². The molecule has 0 aliphatic rings. The van der Waals surface area contributed by atoms with Crippen molar-refractivity contribution < 1.29 is 4.74 Å². The van der Waals surface area contributed by atoms with Gasteiger partial charge >= 0.3 is 0 Å². The molecule has 0 saturated heterocycles. The number of anilines is 2. The molecular formula is C14H21N5O2.